The van der Waals surface area contributed by atoms with Gasteiger partial charge in [0.1, 0.15) is 0 Å². The highest BCUT2D eigenvalue weighted by molar-refractivity contribution is 5.87. The zero-order chi connectivity index (χ0) is 15.3. The largest absolute Gasteiger partial charge is 0.481 e. The lowest BCUT2D eigenvalue weighted by molar-refractivity contribution is -0.137. The number of carbonyl (C=O) groups excluding carboxylic acids is 1. The first kappa shape index (κ1) is 16.2. The van der Waals surface area contributed by atoms with Crippen LogP contribution in [0.2, 0.25) is 0 Å². The molecule has 0 aliphatic carbocycles. The molecule has 110 valence electrons. The molecule has 0 fully saturated rings. The van der Waals surface area contributed by atoms with Crippen molar-refractivity contribution in [2.24, 2.45) is 0 Å². The maximum absolute atomic E-state index is 12.3. The van der Waals surface area contributed by atoms with Gasteiger partial charge in [0.05, 0.1) is 5.41 Å². The molecule has 0 aliphatic rings. The first-order valence-electron chi connectivity index (χ1n) is 6.83. The summed E-state index contributed by atoms with van der Waals surface area (Å²) in [4.78, 5) is 22.9. The molecule has 2 N–H and O–H groups in total. The average Bonchev–Trinajstić information content (AvgIpc) is 2.36. The van der Waals surface area contributed by atoms with Gasteiger partial charge in [-0.05, 0) is 39.7 Å². The van der Waals surface area contributed by atoms with Crippen molar-refractivity contribution < 1.29 is 14.7 Å². The van der Waals surface area contributed by atoms with E-state index in [-0.39, 0.29) is 18.4 Å². The molecular weight excluding hydrogens is 254 g/mol. The maximum atomic E-state index is 12.3. The van der Waals surface area contributed by atoms with Crippen molar-refractivity contribution in [1.82, 2.24) is 5.32 Å². The molecule has 1 atom stereocenters. The van der Waals surface area contributed by atoms with Gasteiger partial charge in [0.15, 0.2) is 0 Å². The number of carbonyl (C=O) groups is 2. The summed E-state index contributed by atoms with van der Waals surface area (Å²) < 4.78 is 0. The Morgan fingerprint density at radius 1 is 1.25 bits per heavy atom. The molecule has 0 saturated carbocycles. The summed E-state index contributed by atoms with van der Waals surface area (Å²) in [5.74, 6) is -0.928. The van der Waals surface area contributed by atoms with E-state index in [1.807, 2.05) is 52.0 Å². The second-order valence-electron chi connectivity index (χ2n) is 5.80. The van der Waals surface area contributed by atoms with Crippen LogP contribution < -0.4 is 5.32 Å². The molecule has 1 aromatic rings. The fourth-order valence-corrected chi connectivity index (χ4v) is 1.92. The fraction of sp³-hybridized carbons (Fsp3) is 0.500. The minimum Gasteiger partial charge on any atom is -0.481 e. The molecular formula is C16H23NO3. The first-order valence-corrected chi connectivity index (χ1v) is 6.83. The summed E-state index contributed by atoms with van der Waals surface area (Å²) in [7, 11) is 0. The molecule has 1 amide bonds. The minimum atomic E-state index is -0.844. The number of carboxylic acid groups (broad SMARTS) is 1. The number of aliphatic carboxylic acids is 1. The van der Waals surface area contributed by atoms with Crippen molar-refractivity contribution in [2.75, 3.05) is 0 Å². The molecule has 0 radical (unpaired) electrons. The highest BCUT2D eigenvalue weighted by Gasteiger charge is 2.30. The van der Waals surface area contributed by atoms with E-state index in [0.717, 1.165) is 11.1 Å². The van der Waals surface area contributed by atoms with Crippen molar-refractivity contribution in [3.63, 3.8) is 0 Å². The van der Waals surface area contributed by atoms with E-state index in [0.29, 0.717) is 6.42 Å². The van der Waals surface area contributed by atoms with E-state index in [1.165, 1.54) is 0 Å². The van der Waals surface area contributed by atoms with E-state index in [4.69, 9.17) is 5.11 Å². The van der Waals surface area contributed by atoms with Crippen LogP contribution >= 0.6 is 0 Å². The molecule has 20 heavy (non-hydrogen) atoms. The quantitative estimate of drug-likeness (QED) is 0.840. The SMILES string of the molecule is Cc1ccc(C(C)(C)C(=O)NC(C)CCC(=O)O)cc1. The molecule has 0 aromatic heterocycles. The maximum Gasteiger partial charge on any atom is 0.303 e. The summed E-state index contributed by atoms with van der Waals surface area (Å²) in [5.41, 5.74) is 1.47. The number of hydrogen-bond donors (Lipinski definition) is 2. The fourth-order valence-electron chi connectivity index (χ4n) is 1.92. The summed E-state index contributed by atoms with van der Waals surface area (Å²) in [6, 6.07) is 7.73. The van der Waals surface area contributed by atoms with Crippen LogP contribution in [0.3, 0.4) is 0 Å². The lowest BCUT2D eigenvalue weighted by Gasteiger charge is -2.26. The molecule has 0 saturated heterocycles. The van der Waals surface area contributed by atoms with Crippen LogP contribution in [0.25, 0.3) is 0 Å². The van der Waals surface area contributed by atoms with Gasteiger partial charge in [-0.1, -0.05) is 29.8 Å². The van der Waals surface area contributed by atoms with Crippen LogP contribution in [0.15, 0.2) is 24.3 Å². The van der Waals surface area contributed by atoms with Gasteiger partial charge in [0, 0.05) is 12.5 Å². The molecule has 4 heteroatoms. The predicted molar refractivity (Wildman–Crippen MR) is 78.7 cm³/mol. The van der Waals surface area contributed by atoms with Crippen LogP contribution in [0, 0.1) is 6.92 Å². The zero-order valence-electron chi connectivity index (χ0n) is 12.6. The van der Waals surface area contributed by atoms with Crippen molar-refractivity contribution in [1.29, 1.82) is 0 Å². The normalized spacial score (nSPS) is 12.8. The van der Waals surface area contributed by atoms with Gasteiger partial charge < -0.3 is 10.4 Å². The molecule has 1 unspecified atom stereocenters. The Balaban J connectivity index is 2.69. The Morgan fingerprint density at radius 3 is 2.30 bits per heavy atom. The van der Waals surface area contributed by atoms with E-state index < -0.39 is 11.4 Å². The molecule has 0 bridgehead atoms. The minimum absolute atomic E-state index is 0.0619. The third-order valence-electron chi connectivity index (χ3n) is 3.51. The highest BCUT2D eigenvalue weighted by atomic mass is 16.4. The molecule has 0 spiro atoms. The van der Waals surface area contributed by atoms with Gasteiger partial charge in [0.2, 0.25) is 5.91 Å². The Morgan fingerprint density at radius 2 is 1.80 bits per heavy atom. The number of hydrogen-bond acceptors (Lipinski definition) is 2. The van der Waals surface area contributed by atoms with Crippen LogP contribution in [0.4, 0.5) is 0 Å². The van der Waals surface area contributed by atoms with E-state index >= 15 is 0 Å². The van der Waals surface area contributed by atoms with Gasteiger partial charge in [-0.25, -0.2) is 0 Å². The molecule has 1 aromatic carbocycles. The number of carboxylic acids is 1. The third kappa shape index (κ3) is 4.37. The second kappa shape index (κ2) is 6.55. The van der Waals surface area contributed by atoms with Crippen molar-refractivity contribution in [3.05, 3.63) is 35.4 Å². The van der Waals surface area contributed by atoms with Gasteiger partial charge in [-0.3, -0.25) is 9.59 Å². The van der Waals surface area contributed by atoms with Gasteiger partial charge in [0.25, 0.3) is 0 Å². The van der Waals surface area contributed by atoms with Crippen LogP contribution in [0.5, 0.6) is 0 Å². The number of rotatable bonds is 6. The predicted octanol–water partition coefficient (Wildman–Crippen LogP) is 2.64. The number of aryl methyl sites for hydroxylation is 1. The van der Waals surface area contributed by atoms with Crippen LogP contribution in [-0.4, -0.2) is 23.0 Å². The molecule has 1 rings (SSSR count). The third-order valence-corrected chi connectivity index (χ3v) is 3.51. The summed E-state index contributed by atoms with van der Waals surface area (Å²) >= 11 is 0. The Kier molecular flexibility index (Phi) is 5.31. The smallest absolute Gasteiger partial charge is 0.303 e. The monoisotopic (exact) mass is 277 g/mol. The zero-order valence-corrected chi connectivity index (χ0v) is 12.6. The molecule has 0 aliphatic heterocycles. The molecule has 4 nitrogen and oxygen atoms in total. The van der Waals surface area contributed by atoms with E-state index in [9.17, 15) is 9.59 Å². The van der Waals surface area contributed by atoms with Crippen LogP contribution in [0.1, 0.15) is 44.7 Å². The number of nitrogens with one attached hydrogen (secondary N) is 1. The average molecular weight is 277 g/mol. The first-order chi connectivity index (χ1) is 9.23. The van der Waals surface area contributed by atoms with Crippen molar-refractivity contribution in [3.8, 4) is 0 Å². The van der Waals surface area contributed by atoms with Crippen molar-refractivity contribution >= 4 is 11.9 Å². The lowest BCUT2D eigenvalue weighted by atomic mass is 9.83. The number of amides is 1. The van der Waals surface area contributed by atoms with E-state index in [1.54, 1.807) is 0 Å². The van der Waals surface area contributed by atoms with Gasteiger partial charge in [-0.15, -0.1) is 0 Å². The summed E-state index contributed by atoms with van der Waals surface area (Å²) in [6.07, 6.45) is 0.497. The number of benzene rings is 1. The van der Waals surface area contributed by atoms with Crippen LogP contribution in [-0.2, 0) is 15.0 Å². The summed E-state index contributed by atoms with van der Waals surface area (Å²) in [6.45, 7) is 7.57. The van der Waals surface area contributed by atoms with Gasteiger partial charge >= 0.3 is 5.97 Å². The van der Waals surface area contributed by atoms with Gasteiger partial charge in [-0.2, -0.15) is 0 Å². The topological polar surface area (TPSA) is 66.4 Å². The van der Waals surface area contributed by atoms with E-state index in [2.05, 4.69) is 5.32 Å². The Labute approximate surface area is 120 Å². The van der Waals surface area contributed by atoms with Crippen molar-refractivity contribution in [2.45, 2.75) is 52.0 Å². The highest BCUT2D eigenvalue weighted by Crippen LogP contribution is 2.24. The Hall–Kier alpha value is -1.84. The standard InChI is InChI=1S/C16H23NO3/c1-11-5-8-13(9-6-11)16(3,4)15(20)17-12(2)7-10-14(18)19/h5-6,8-9,12H,7,10H2,1-4H3,(H,17,20)(H,18,19). The summed E-state index contributed by atoms with van der Waals surface area (Å²) in [5, 5.41) is 11.5. The molecule has 0 heterocycles. The Bertz CT molecular complexity index is 477. The lowest BCUT2D eigenvalue weighted by Crippen LogP contribution is -2.44. The second-order valence-corrected chi connectivity index (χ2v) is 5.80.